The van der Waals surface area contributed by atoms with E-state index in [9.17, 15) is 4.79 Å². The number of fused-ring (bicyclic) bond motifs is 1. The van der Waals surface area contributed by atoms with Crippen LogP contribution < -0.4 is 0 Å². The van der Waals surface area contributed by atoms with E-state index in [1.54, 1.807) is 0 Å². The SMILES string of the molecule is O=C(C=S)N1CCOC2CCCC21. The largest absolute Gasteiger partial charge is 0.374 e. The fourth-order valence-corrected chi connectivity index (χ4v) is 2.40. The Morgan fingerprint density at radius 1 is 1.54 bits per heavy atom. The molecule has 0 aromatic heterocycles. The number of morpholine rings is 1. The molecule has 1 amide bonds. The normalized spacial score (nSPS) is 32.8. The maximum atomic E-state index is 11.4. The number of rotatable bonds is 1. The Bertz CT molecular complexity index is 232. The van der Waals surface area contributed by atoms with Gasteiger partial charge in [0.15, 0.2) is 0 Å². The molecular weight excluding hydrogens is 186 g/mol. The molecule has 2 fully saturated rings. The van der Waals surface area contributed by atoms with Crippen molar-refractivity contribution in [1.82, 2.24) is 4.90 Å². The van der Waals surface area contributed by atoms with Crippen molar-refractivity contribution in [1.29, 1.82) is 0 Å². The van der Waals surface area contributed by atoms with Gasteiger partial charge in [-0.3, -0.25) is 4.79 Å². The van der Waals surface area contributed by atoms with Crippen LogP contribution in [0.15, 0.2) is 0 Å². The topological polar surface area (TPSA) is 29.5 Å². The number of carbonyl (C=O) groups excluding carboxylic acids is 1. The smallest absolute Gasteiger partial charge is 0.257 e. The minimum absolute atomic E-state index is 0.0183. The monoisotopic (exact) mass is 199 g/mol. The summed E-state index contributed by atoms with van der Waals surface area (Å²) in [5.41, 5.74) is 0. The van der Waals surface area contributed by atoms with Crippen LogP contribution in [0.25, 0.3) is 0 Å². The van der Waals surface area contributed by atoms with Crippen LogP contribution in [0.5, 0.6) is 0 Å². The molecule has 2 atom stereocenters. The van der Waals surface area contributed by atoms with Gasteiger partial charge < -0.3 is 9.64 Å². The second-order valence-electron chi connectivity index (χ2n) is 3.56. The van der Waals surface area contributed by atoms with Crippen LogP contribution in [0, 0.1) is 0 Å². The van der Waals surface area contributed by atoms with Gasteiger partial charge in [-0.05, 0) is 19.3 Å². The van der Waals surface area contributed by atoms with E-state index in [-0.39, 0.29) is 12.0 Å². The van der Waals surface area contributed by atoms with Gasteiger partial charge in [0, 0.05) is 6.54 Å². The molecule has 0 radical (unpaired) electrons. The molecular formula is C9H13NO2S. The molecule has 2 rings (SSSR count). The average Bonchev–Trinajstić information content (AvgIpc) is 2.63. The average molecular weight is 199 g/mol. The Balaban J connectivity index is 2.09. The number of carbonyl (C=O) groups is 1. The lowest BCUT2D eigenvalue weighted by Crippen LogP contribution is -2.51. The molecule has 0 aromatic carbocycles. The van der Waals surface area contributed by atoms with Gasteiger partial charge in [0.1, 0.15) is 0 Å². The van der Waals surface area contributed by atoms with Crippen molar-refractivity contribution in [2.75, 3.05) is 13.2 Å². The van der Waals surface area contributed by atoms with Crippen LogP contribution in [0.4, 0.5) is 0 Å². The molecule has 13 heavy (non-hydrogen) atoms. The zero-order chi connectivity index (χ0) is 9.26. The van der Waals surface area contributed by atoms with E-state index in [4.69, 9.17) is 4.74 Å². The summed E-state index contributed by atoms with van der Waals surface area (Å²) in [6.07, 6.45) is 3.59. The Morgan fingerprint density at radius 2 is 2.38 bits per heavy atom. The number of amides is 1. The Kier molecular flexibility index (Phi) is 2.60. The molecule has 1 aliphatic carbocycles. The number of hydrogen-bond donors (Lipinski definition) is 0. The molecule has 1 heterocycles. The molecule has 2 aliphatic rings. The molecule has 72 valence electrons. The third kappa shape index (κ3) is 1.60. The second kappa shape index (κ2) is 3.72. The van der Waals surface area contributed by atoms with Gasteiger partial charge in [-0.25, -0.2) is 0 Å². The molecule has 0 aromatic rings. The highest BCUT2D eigenvalue weighted by atomic mass is 32.1. The van der Waals surface area contributed by atoms with Crippen molar-refractivity contribution in [3.63, 3.8) is 0 Å². The van der Waals surface area contributed by atoms with E-state index in [0.29, 0.717) is 19.2 Å². The van der Waals surface area contributed by atoms with Crippen molar-refractivity contribution in [2.45, 2.75) is 31.4 Å². The molecule has 4 heteroatoms. The van der Waals surface area contributed by atoms with Crippen LogP contribution in [-0.2, 0) is 9.53 Å². The summed E-state index contributed by atoms with van der Waals surface area (Å²) in [4.78, 5) is 13.3. The highest BCUT2D eigenvalue weighted by molar-refractivity contribution is 7.80. The lowest BCUT2D eigenvalue weighted by molar-refractivity contribution is -0.135. The van der Waals surface area contributed by atoms with Gasteiger partial charge in [-0.15, -0.1) is 0 Å². The minimum Gasteiger partial charge on any atom is -0.374 e. The van der Waals surface area contributed by atoms with Crippen LogP contribution in [-0.4, -0.2) is 41.5 Å². The van der Waals surface area contributed by atoms with E-state index in [0.717, 1.165) is 19.3 Å². The second-order valence-corrected chi connectivity index (χ2v) is 3.79. The third-order valence-corrected chi connectivity index (χ3v) is 3.07. The van der Waals surface area contributed by atoms with Gasteiger partial charge in [-0.2, -0.15) is 0 Å². The van der Waals surface area contributed by atoms with E-state index in [1.165, 1.54) is 5.37 Å². The number of hydrogen-bond acceptors (Lipinski definition) is 3. The first kappa shape index (κ1) is 9.09. The van der Waals surface area contributed by atoms with Crippen LogP contribution in [0.1, 0.15) is 19.3 Å². The summed E-state index contributed by atoms with van der Waals surface area (Å²) in [7, 11) is 0. The van der Waals surface area contributed by atoms with Gasteiger partial charge in [0.05, 0.1) is 24.1 Å². The molecule has 0 N–H and O–H groups in total. The summed E-state index contributed by atoms with van der Waals surface area (Å²) >= 11 is 4.66. The minimum atomic E-state index is -0.0183. The van der Waals surface area contributed by atoms with Crippen molar-refractivity contribution in [2.24, 2.45) is 0 Å². The zero-order valence-electron chi connectivity index (χ0n) is 7.44. The highest BCUT2D eigenvalue weighted by Crippen LogP contribution is 2.29. The van der Waals surface area contributed by atoms with Crippen LogP contribution in [0.2, 0.25) is 0 Å². The van der Waals surface area contributed by atoms with Crippen molar-refractivity contribution in [3.8, 4) is 0 Å². The lowest BCUT2D eigenvalue weighted by atomic mass is 10.1. The van der Waals surface area contributed by atoms with E-state index in [1.807, 2.05) is 4.90 Å². The maximum absolute atomic E-state index is 11.4. The predicted molar refractivity (Wildman–Crippen MR) is 52.7 cm³/mol. The van der Waals surface area contributed by atoms with E-state index >= 15 is 0 Å². The first-order valence-electron chi connectivity index (χ1n) is 4.70. The van der Waals surface area contributed by atoms with Crippen LogP contribution >= 0.6 is 12.2 Å². The highest BCUT2D eigenvalue weighted by Gasteiger charge is 2.37. The molecule has 3 nitrogen and oxygen atoms in total. The standard InChI is InChI=1S/C9H13NO2S/c11-9(6-13)10-4-5-12-8-3-1-2-7(8)10/h6-8H,1-5H2. The summed E-state index contributed by atoms with van der Waals surface area (Å²) in [5.74, 6) is -0.0183. The molecule has 0 spiro atoms. The molecule has 1 saturated carbocycles. The fourth-order valence-electron chi connectivity index (χ4n) is 2.27. The quantitative estimate of drug-likeness (QED) is 0.584. The lowest BCUT2D eigenvalue weighted by Gasteiger charge is -2.36. The van der Waals surface area contributed by atoms with E-state index < -0.39 is 0 Å². The number of ether oxygens (including phenoxy) is 1. The summed E-state index contributed by atoms with van der Waals surface area (Å²) < 4.78 is 5.58. The van der Waals surface area contributed by atoms with Gasteiger partial charge in [-0.1, -0.05) is 12.2 Å². The van der Waals surface area contributed by atoms with Gasteiger partial charge in [0.25, 0.3) is 5.91 Å². The Morgan fingerprint density at radius 3 is 3.15 bits per heavy atom. The maximum Gasteiger partial charge on any atom is 0.257 e. The molecule has 1 saturated heterocycles. The molecule has 0 bridgehead atoms. The van der Waals surface area contributed by atoms with Crippen molar-refractivity contribution >= 4 is 23.5 Å². The predicted octanol–water partition coefficient (Wildman–Crippen LogP) is 0.766. The van der Waals surface area contributed by atoms with Gasteiger partial charge in [0.2, 0.25) is 0 Å². The van der Waals surface area contributed by atoms with Crippen LogP contribution in [0.3, 0.4) is 0 Å². The Hall–Kier alpha value is -0.480. The van der Waals surface area contributed by atoms with Crippen molar-refractivity contribution in [3.05, 3.63) is 0 Å². The zero-order valence-corrected chi connectivity index (χ0v) is 8.26. The van der Waals surface area contributed by atoms with Gasteiger partial charge >= 0.3 is 0 Å². The van der Waals surface area contributed by atoms with Crippen molar-refractivity contribution < 1.29 is 9.53 Å². The van der Waals surface area contributed by atoms with E-state index in [2.05, 4.69) is 12.2 Å². The first-order chi connectivity index (χ1) is 6.33. The molecule has 1 aliphatic heterocycles. The first-order valence-corrected chi connectivity index (χ1v) is 5.17. The number of thiocarbonyl (C=S) groups is 1. The summed E-state index contributed by atoms with van der Waals surface area (Å²) in [6, 6.07) is 0.292. The summed E-state index contributed by atoms with van der Waals surface area (Å²) in [6.45, 7) is 1.36. The molecule has 2 unspecified atom stereocenters. The fraction of sp³-hybridized carbons (Fsp3) is 0.778. The third-order valence-electron chi connectivity index (χ3n) is 2.87. The number of nitrogens with zero attached hydrogens (tertiary/aromatic N) is 1. The Labute approximate surface area is 83.0 Å². The summed E-state index contributed by atoms with van der Waals surface area (Å²) in [5, 5.41) is 1.24.